The molecule has 11 atom stereocenters. The molecule has 0 radical (unpaired) electrons. The van der Waals surface area contributed by atoms with Crippen LogP contribution >= 0.6 is 0 Å². The van der Waals surface area contributed by atoms with Crippen LogP contribution in [-0.2, 0) is 28.5 Å². The number of benzene rings is 4. The Morgan fingerprint density at radius 2 is 1.47 bits per heavy atom. The van der Waals surface area contributed by atoms with Crippen molar-refractivity contribution in [2.75, 3.05) is 0 Å². The maximum absolute atomic E-state index is 13.8. The van der Waals surface area contributed by atoms with Crippen molar-refractivity contribution in [2.24, 2.45) is 5.92 Å². The fraction of sp³-hybridized carbons (Fsp3) is 0.419. The van der Waals surface area contributed by atoms with E-state index in [0.717, 1.165) is 5.56 Å². The van der Waals surface area contributed by atoms with Crippen molar-refractivity contribution in [3.8, 4) is 11.5 Å². The highest BCUT2D eigenvalue weighted by molar-refractivity contribution is 6.29. The van der Waals surface area contributed by atoms with Crippen molar-refractivity contribution in [2.45, 2.75) is 109 Å². The first-order valence-electron chi connectivity index (χ1n) is 19.2. The second-order valence-corrected chi connectivity index (χ2v) is 15.1. The van der Waals surface area contributed by atoms with Crippen LogP contribution in [0.4, 0.5) is 0 Å². The Bertz CT molecular complexity index is 2600. The summed E-state index contributed by atoms with van der Waals surface area (Å²) in [5, 5.41) is 23.1. The second-order valence-electron chi connectivity index (χ2n) is 15.1. The molecule has 14 nitrogen and oxygen atoms in total. The molecule has 0 bridgehead atoms. The van der Waals surface area contributed by atoms with Crippen LogP contribution in [0, 0.1) is 12.8 Å². The van der Waals surface area contributed by atoms with Gasteiger partial charge in [-0.3, -0.25) is 4.79 Å². The Hall–Kier alpha value is -4.93. The number of aryl methyl sites for hydroxylation is 1. The maximum Gasteiger partial charge on any atom is 0.348 e. The number of hydrogen-bond acceptors (Lipinski definition) is 14. The lowest BCUT2D eigenvalue weighted by molar-refractivity contribution is -0.338. The lowest BCUT2D eigenvalue weighted by Gasteiger charge is -2.45. The molecular weight excluding hydrogens is 740 g/mol. The van der Waals surface area contributed by atoms with E-state index in [9.17, 15) is 24.6 Å². The number of fused-ring (bicyclic) bond motifs is 3. The molecule has 298 valence electrons. The first-order valence-corrected chi connectivity index (χ1v) is 19.2. The van der Waals surface area contributed by atoms with Crippen LogP contribution in [-0.4, -0.2) is 71.5 Å². The summed E-state index contributed by atoms with van der Waals surface area (Å²) in [6.45, 7) is 8.79. The summed E-state index contributed by atoms with van der Waals surface area (Å²) in [6.07, 6.45) is -8.70. The van der Waals surface area contributed by atoms with Crippen molar-refractivity contribution >= 4 is 49.5 Å². The predicted octanol–water partition coefficient (Wildman–Crippen LogP) is 5.75. The van der Waals surface area contributed by atoms with Crippen LogP contribution in [0.3, 0.4) is 0 Å². The smallest absolute Gasteiger partial charge is 0.348 e. The molecule has 6 aromatic rings. The Kier molecular flexibility index (Phi) is 9.55. The number of rotatable bonds is 8. The minimum absolute atomic E-state index is 0.0124. The first kappa shape index (κ1) is 37.6. The number of ether oxygens (including phenoxy) is 7. The summed E-state index contributed by atoms with van der Waals surface area (Å²) in [5.41, 5.74) is 0.0821. The average Bonchev–Trinajstić information content (AvgIpc) is 3.65. The zero-order chi connectivity index (χ0) is 39.9. The van der Waals surface area contributed by atoms with Crippen LogP contribution in [0.2, 0.25) is 0 Å². The zero-order valence-corrected chi connectivity index (χ0v) is 31.8. The van der Waals surface area contributed by atoms with Crippen molar-refractivity contribution in [3.05, 3.63) is 92.6 Å². The maximum atomic E-state index is 13.8. The Morgan fingerprint density at radius 3 is 2.25 bits per heavy atom. The molecule has 0 saturated carbocycles. The average molecular weight is 783 g/mol. The van der Waals surface area contributed by atoms with Crippen molar-refractivity contribution < 1.29 is 57.0 Å². The van der Waals surface area contributed by atoms with Crippen LogP contribution in [0.15, 0.2) is 79.1 Å². The van der Waals surface area contributed by atoms with E-state index in [1.165, 1.54) is 0 Å². The van der Waals surface area contributed by atoms with Gasteiger partial charge in [-0.05, 0) is 44.9 Å². The highest BCUT2D eigenvalue weighted by atomic mass is 16.8. The summed E-state index contributed by atoms with van der Waals surface area (Å²) >= 11 is 0. The molecule has 2 aromatic heterocycles. The summed E-state index contributed by atoms with van der Waals surface area (Å²) in [5.74, 6) is -1.11. The summed E-state index contributed by atoms with van der Waals surface area (Å²) < 4.78 is 56.7. The van der Waals surface area contributed by atoms with Gasteiger partial charge >= 0.3 is 17.2 Å². The quantitative estimate of drug-likeness (QED) is 0.0626. The Morgan fingerprint density at radius 1 is 0.737 bits per heavy atom. The fourth-order valence-corrected chi connectivity index (χ4v) is 8.41. The third-order valence-electron chi connectivity index (χ3n) is 11.4. The van der Waals surface area contributed by atoms with Crippen LogP contribution in [0.25, 0.3) is 43.5 Å². The van der Waals surface area contributed by atoms with Gasteiger partial charge in [0.25, 0.3) is 0 Å². The number of aliphatic hydroxyl groups is 2. The van der Waals surface area contributed by atoms with Crippen molar-refractivity contribution in [3.63, 3.8) is 0 Å². The van der Waals surface area contributed by atoms with Gasteiger partial charge < -0.3 is 52.2 Å². The molecule has 2 N–H and O–H groups in total. The zero-order valence-electron chi connectivity index (χ0n) is 31.8. The molecule has 3 saturated heterocycles. The number of carbonyl (C=O) groups excluding carboxylic acids is 1. The molecule has 0 spiro atoms. The number of aliphatic hydroxyl groups excluding tert-OH is 2. The molecule has 9 rings (SSSR count). The monoisotopic (exact) mass is 782 g/mol. The first-order chi connectivity index (χ1) is 27.4. The standard InChI is InChI=1S/C43H42O14/c1-6-11-26(44)53-35-23-14-10-15-24(28(23)36-30-29-25(51-40(48)31(30)35)17-16-18(2)27(29)39(47)54-36)52-43-38(57-42-33(46)19(3)32(45)20(4)49-42)37-34(21(5)50-43)55-41(56-37)22-12-8-7-9-13-22/h7-10,12-17,19-21,32-34,37-38,41-43,45-46H,6,11H2,1-5H3/t19?,20?,21?,32-,33-,34+,37+,38?,41?,42-,43+/m1/s1. The minimum atomic E-state index is -1.26. The van der Waals surface area contributed by atoms with Gasteiger partial charge in [0.05, 0.1) is 29.1 Å². The molecule has 5 heterocycles. The molecule has 4 aromatic carbocycles. The van der Waals surface area contributed by atoms with Crippen LogP contribution in [0.5, 0.6) is 11.5 Å². The van der Waals surface area contributed by atoms with Gasteiger partial charge in [0, 0.05) is 34.1 Å². The predicted molar refractivity (Wildman–Crippen MR) is 204 cm³/mol. The highest BCUT2D eigenvalue weighted by Crippen LogP contribution is 2.47. The molecule has 0 aliphatic carbocycles. The van der Waals surface area contributed by atoms with Gasteiger partial charge in [0.2, 0.25) is 6.29 Å². The topological polar surface area (TPSA) is 183 Å². The van der Waals surface area contributed by atoms with E-state index in [1.54, 1.807) is 51.1 Å². The van der Waals surface area contributed by atoms with E-state index in [2.05, 4.69) is 0 Å². The van der Waals surface area contributed by atoms with Gasteiger partial charge in [-0.25, -0.2) is 9.59 Å². The van der Waals surface area contributed by atoms with Gasteiger partial charge in [-0.2, -0.15) is 0 Å². The number of carbonyl (C=O) groups is 1. The van der Waals surface area contributed by atoms with Gasteiger partial charge in [-0.1, -0.05) is 62.4 Å². The van der Waals surface area contributed by atoms with Gasteiger partial charge in [-0.15, -0.1) is 0 Å². The molecule has 0 amide bonds. The summed E-state index contributed by atoms with van der Waals surface area (Å²) in [4.78, 5) is 40.8. The third-order valence-corrected chi connectivity index (χ3v) is 11.4. The largest absolute Gasteiger partial charge is 0.461 e. The van der Waals surface area contributed by atoms with E-state index in [1.807, 2.05) is 44.2 Å². The minimum Gasteiger partial charge on any atom is -0.461 e. The molecule has 3 aliphatic rings. The van der Waals surface area contributed by atoms with Crippen molar-refractivity contribution in [1.82, 2.24) is 0 Å². The second kappa shape index (κ2) is 14.5. The third kappa shape index (κ3) is 6.18. The summed E-state index contributed by atoms with van der Waals surface area (Å²) in [6, 6.07) is 17.6. The lowest BCUT2D eigenvalue weighted by atomic mass is 9.91. The molecule has 5 unspecified atom stereocenters. The van der Waals surface area contributed by atoms with E-state index < -0.39 is 84.7 Å². The lowest BCUT2D eigenvalue weighted by Crippen LogP contribution is -2.61. The Labute approximate surface area is 325 Å². The van der Waals surface area contributed by atoms with Crippen molar-refractivity contribution in [1.29, 1.82) is 0 Å². The van der Waals surface area contributed by atoms with Crippen LogP contribution < -0.4 is 20.7 Å². The molecule has 57 heavy (non-hydrogen) atoms. The Balaban J connectivity index is 1.22. The number of esters is 1. The van der Waals surface area contributed by atoms with E-state index >= 15 is 0 Å². The van der Waals surface area contributed by atoms with E-state index in [-0.39, 0.29) is 56.0 Å². The van der Waals surface area contributed by atoms with Crippen LogP contribution in [0.1, 0.15) is 58.0 Å². The summed E-state index contributed by atoms with van der Waals surface area (Å²) in [7, 11) is 0. The molecule has 3 fully saturated rings. The molecule has 14 heteroatoms. The highest BCUT2D eigenvalue weighted by Gasteiger charge is 2.55. The van der Waals surface area contributed by atoms with Gasteiger partial charge in [0.15, 0.2) is 30.0 Å². The number of hydrogen-bond donors (Lipinski definition) is 2. The molecule has 3 aliphatic heterocycles. The van der Waals surface area contributed by atoms with Gasteiger partial charge in [0.1, 0.15) is 35.0 Å². The normalized spacial score (nSPS) is 30.3. The fourth-order valence-electron chi connectivity index (χ4n) is 8.41. The molecular formula is C43H42O14. The SMILES string of the molecule is CCCC(=O)Oc1c2cccc(O[C@@H]3OC(C)[C@@H]4OC(c5ccccc5)O[C@@H]4C3O[C@H]3OC(C)[C@H](O)C(C)[C@H]3O)c2c2oc(=O)c3c(C)ccc4oc(=O)c1c2c43. The van der Waals surface area contributed by atoms with E-state index in [0.29, 0.717) is 17.4 Å². The van der Waals surface area contributed by atoms with E-state index in [4.69, 9.17) is 42.0 Å².